The number of hydrogen-bond donors (Lipinski definition) is 1. The minimum atomic E-state index is -0.208. The summed E-state index contributed by atoms with van der Waals surface area (Å²) in [7, 11) is 3.22. The quantitative estimate of drug-likeness (QED) is 0.264. The Morgan fingerprint density at radius 2 is 2.05 bits per heavy atom. The third kappa shape index (κ3) is 5.88. The number of amides is 3. The Bertz CT molecular complexity index is 411. The van der Waals surface area contributed by atoms with Crippen LogP contribution in [0.15, 0.2) is 0 Å². The average Bonchev–Trinajstić information content (AvgIpc) is 2.80. The first-order valence-corrected chi connectivity index (χ1v) is 11.4. The number of thioether (sulfide) groups is 1. The van der Waals surface area contributed by atoms with Gasteiger partial charge in [-0.15, -0.1) is 0 Å². The fourth-order valence-electron chi connectivity index (χ4n) is 1.85. The normalized spacial score (nSPS) is 18.1. The lowest BCUT2D eigenvalue weighted by atomic mass is 10.4. The molecule has 0 aromatic heterocycles. The van der Waals surface area contributed by atoms with Crippen LogP contribution in [0, 0.1) is 0 Å². The summed E-state index contributed by atoms with van der Waals surface area (Å²) >= 11 is 2.38. The van der Waals surface area contributed by atoms with Crippen molar-refractivity contribution >= 4 is 63.2 Å². The fourth-order valence-corrected chi connectivity index (χ4v) is 4.95. The SMILES string of the molecule is CCC(=O)N(CCSSCCN1C(=O)CC(SC)C1=O)SN. The van der Waals surface area contributed by atoms with E-state index in [2.05, 4.69) is 0 Å². The highest BCUT2D eigenvalue weighted by Gasteiger charge is 2.37. The van der Waals surface area contributed by atoms with E-state index in [1.165, 1.54) is 16.7 Å². The Balaban J connectivity index is 2.17. The molecule has 0 radical (unpaired) electrons. The monoisotopic (exact) mass is 383 g/mol. The van der Waals surface area contributed by atoms with Gasteiger partial charge in [0.2, 0.25) is 17.7 Å². The minimum absolute atomic E-state index is 0.0227. The summed E-state index contributed by atoms with van der Waals surface area (Å²) in [4.78, 5) is 36.5. The Morgan fingerprint density at radius 1 is 1.36 bits per heavy atom. The molecular formula is C12H21N3O3S4. The second-order valence-electron chi connectivity index (χ2n) is 4.41. The highest BCUT2D eigenvalue weighted by atomic mass is 33.1. The van der Waals surface area contributed by atoms with Crippen LogP contribution < -0.4 is 5.14 Å². The van der Waals surface area contributed by atoms with Crippen molar-refractivity contribution < 1.29 is 14.4 Å². The number of carbonyl (C=O) groups excluding carboxylic acids is 3. The summed E-state index contributed by atoms with van der Waals surface area (Å²) in [6.45, 7) is 2.84. The zero-order chi connectivity index (χ0) is 16.5. The van der Waals surface area contributed by atoms with Gasteiger partial charge in [0.15, 0.2) is 0 Å². The molecule has 1 aliphatic heterocycles. The average molecular weight is 384 g/mol. The van der Waals surface area contributed by atoms with Crippen molar-refractivity contribution in [3.8, 4) is 0 Å². The van der Waals surface area contributed by atoms with Crippen LogP contribution in [0.25, 0.3) is 0 Å². The molecule has 2 N–H and O–H groups in total. The molecule has 1 aliphatic rings. The first-order valence-electron chi connectivity index (χ1n) is 6.83. The van der Waals surface area contributed by atoms with Crippen LogP contribution in [0.3, 0.4) is 0 Å². The van der Waals surface area contributed by atoms with Gasteiger partial charge in [-0.2, -0.15) is 11.8 Å². The molecule has 1 saturated heterocycles. The Morgan fingerprint density at radius 3 is 2.59 bits per heavy atom. The largest absolute Gasteiger partial charge is 0.281 e. The van der Waals surface area contributed by atoms with Crippen LogP contribution in [0.4, 0.5) is 0 Å². The van der Waals surface area contributed by atoms with E-state index in [1.54, 1.807) is 32.8 Å². The molecule has 126 valence electrons. The molecule has 1 unspecified atom stereocenters. The highest BCUT2D eigenvalue weighted by Crippen LogP contribution is 2.26. The van der Waals surface area contributed by atoms with E-state index in [1.807, 2.05) is 6.26 Å². The van der Waals surface area contributed by atoms with Gasteiger partial charge in [-0.05, 0) is 6.26 Å². The standard InChI is InChI=1S/C12H21N3O3S4/c1-3-10(16)15(22-13)5-7-21-20-6-4-14-11(17)8-9(19-2)12(14)18/h9H,3-8,13H2,1-2H3. The summed E-state index contributed by atoms with van der Waals surface area (Å²) in [6.07, 6.45) is 2.61. The maximum absolute atomic E-state index is 11.9. The fraction of sp³-hybridized carbons (Fsp3) is 0.750. The molecule has 1 atom stereocenters. The van der Waals surface area contributed by atoms with E-state index >= 15 is 0 Å². The Labute approximate surface area is 147 Å². The minimum Gasteiger partial charge on any atom is -0.281 e. The summed E-state index contributed by atoms with van der Waals surface area (Å²) in [5.74, 6) is 1.34. The van der Waals surface area contributed by atoms with Crippen molar-refractivity contribution in [1.82, 2.24) is 9.21 Å². The summed E-state index contributed by atoms with van der Waals surface area (Å²) in [5, 5.41) is 5.24. The van der Waals surface area contributed by atoms with Crippen molar-refractivity contribution in [2.75, 3.05) is 30.9 Å². The number of imide groups is 1. The molecular weight excluding hydrogens is 362 g/mol. The summed E-state index contributed by atoms with van der Waals surface area (Å²) in [5.41, 5.74) is 0. The first-order chi connectivity index (χ1) is 10.5. The van der Waals surface area contributed by atoms with E-state index in [4.69, 9.17) is 5.14 Å². The molecule has 1 heterocycles. The van der Waals surface area contributed by atoms with Crippen LogP contribution in [0.5, 0.6) is 0 Å². The van der Waals surface area contributed by atoms with Gasteiger partial charge in [0.05, 0.1) is 5.25 Å². The number of likely N-dealkylation sites (tertiary alicyclic amines) is 1. The molecule has 10 heteroatoms. The van der Waals surface area contributed by atoms with Crippen molar-refractivity contribution in [3.63, 3.8) is 0 Å². The van der Waals surface area contributed by atoms with Gasteiger partial charge in [0, 0.05) is 49.6 Å². The molecule has 0 aromatic rings. The van der Waals surface area contributed by atoms with E-state index in [9.17, 15) is 14.4 Å². The van der Waals surface area contributed by atoms with Gasteiger partial charge in [-0.1, -0.05) is 28.5 Å². The molecule has 0 saturated carbocycles. The second-order valence-corrected chi connectivity index (χ2v) is 8.80. The molecule has 0 spiro atoms. The van der Waals surface area contributed by atoms with Gasteiger partial charge in [0.25, 0.3) is 0 Å². The van der Waals surface area contributed by atoms with Gasteiger partial charge in [0.1, 0.15) is 0 Å². The highest BCUT2D eigenvalue weighted by molar-refractivity contribution is 8.76. The maximum Gasteiger partial charge on any atom is 0.242 e. The predicted molar refractivity (Wildman–Crippen MR) is 97.3 cm³/mol. The zero-order valence-corrected chi connectivity index (χ0v) is 15.9. The number of carbonyl (C=O) groups is 3. The van der Waals surface area contributed by atoms with E-state index < -0.39 is 0 Å². The zero-order valence-electron chi connectivity index (χ0n) is 12.6. The van der Waals surface area contributed by atoms with Crippen LogP contribution >= 0.6 is 45.5 Å². The lowest BCUT2D eigenvalue weighted by molar-refractivity contribution is -0.137. The van der Waals surface area contributed by atoms with Gasteiger partial charge < -0.3 is 0 Å². The third-order valence-corrected chi connectivity index (χ3v) is 7.00. The molecule has 1 fully saturated rings. The molecule has 22 heavy (non-hydrogen) atoms. The van der Waals surface area contributed by atoms with E-state index in [0.29, 0.717) is 31.7 Å². The number of hydrogen-bond acceptors (Lipinski definition) is 8. The smallest absolute Gasteiger partial charge is 0.242 e. The van der Waals surface area contributed by atoms with Gasteiger partial charge in [-0.3, -0.25) is 28.7 Å². The van der Waals surface area contributed by atoms with Crippen molar-refractivity contribution in [3.05, 3.63) is 0 Å². The van der Waals surface area contributed by atoms with Crippen molar-refractivity contribution in [1.29, 1.82) is 0 Å². The van der Waals surface area contributed by atoms with Crippen LogP contribution in [0.1, 0.15) is 19.8 Å². The van der Waals surface area contributed by atoms with Crippen LogP contribution in [-0.4, -0.2) is 63.0 Å². The topological polar surface area (TPSA) is 83.7 Å². The number of rotatable bonds is 10. The molecule has 3 amide bonds. The third-order valence-electron chi connectivity index (χ3n) is 3.05. The molecule has 0 bridgehead atoms. The molecule has 1 rings (SSSR count). The molecule has 6 nitrogen and oxygen atoms in total. The number of nitrogens with zero attached hydrogens (tertiary/aromatic N) is 2. The lowest BCUT2D eigenvalue weighted by Crippen LogP contribution is -2.33. The Kier molecular flexibility index (Phi) is 9.73. The predicted octanol–water partition coefficient (Wildman–Crippen LogP) is 1.62. The number of nitrogens with two attached hydrogens (primary N) is 1. The first kappa shape index (κ1) is 20.0. The molecule has 0 aromatic carbocycles. The summed E-state index contributed by atoms with van der Waals surface area (Å²) in [6, 6.07) is 0. The van der Waals surface area contributed by atoms with E-state index in [-0.39, 0.29) is 23.0 Å². The van der Waals surface area contributed by atoms with Gasteiger partial charge >= 0.3 is 0 Å². The molecule has 0 aliphatic carbocycles. The van der Waals surface area contributed by atoms with E-state index in [0.717, 1.165) is 17.9 Å². The van der Waals surface area contributed by atoms with Crippen LogP contribution in [-0.2, 0) is 14.4 Å². The van der Waals surface area contributed by atoms with Gasteiger partial charge in [-0.25, -0.2) is 0 Å². The van der Waals surface area contributed by atoms with Crippen molar-refractivity contribution in [2.24, 2.45) is 5.14 Å². The van der Waals surface area contributed by atoms with Crippen molar-refractivity contribution in [2.45, 2.75) is 25.0 Å². The van der Waals surface area contributed by atoms with Crippen LogP contribution in [0.2, 0.25) is 0 Å². The lowest BCUT2D eigenvalue weighted by Gasteiger charge is -2.17. The second kappa shape index (κ2) is 10.7. The Hall–Kier alpha value is -0.0300. The summed E-state index contributed by atoms with van der Waals surface area (Å²) < 4.78 is 1.55. The maximum atomic E-state index is 11.9.